The smallest absolute Gasteiger partial charge is 0.300 e. The van der Waals surface area contributed by atoms with Crippen LogP contribution in [0.25, 0.3) is 26.8 Å². The van der Waals surface area contributed by atoms with Gasteiger partial charge < -0.3 is 4.57 Å². The van der Waals surface area contributed by atoms with E-state index >= 15 is 0 Å². The highest BCUT2D eigenvalue weighted by atomic mass is 32.1. The third-order valence-corrected chi connectivity index (χ3v) is 8.78. The first-order chi connectivity index (χ1) is 16.8. The van der Waals surface area contributed by atoms with Crippen LogP contribution in [0.2, 0.25) is 0 Å². The molecule has 0 aliphatic carbocycles. The molecule has 0 spiro atoms. The number of thiophene rings is 1. The molecule has 178 valence electrons. The lowest BCUT2D eigenvalue weighted by atomic mass is 9.76. The van der Waals surface area contributed by atoms with Crippen molar-refractivity contribution in [2.24, 2.45) is 5.92 Å². The molecule has 1 saturated heterocycles. The summed E-state index contributed by atoms with van der Waals surface area (Å²) in [4.78, 5) is 42.2. The Balaban J connectivity index is 1.51. The van der Waals surface area contributed by atoms with Gasteiger partial charge in [-0.3, -0.25) is 19.4 Å². The van der Waals surface area contributed by atoms with Crippen molar-refractivity contribution >= 4 is 51.0 Å². The molecule has 2 aromatic carbocycles. The van der Waals surface area contributed by atoms with Crippen molar-refractivity contribution in [1.82, 2.24) is 14.4 Å². The Kier molecular flexibility index (Phi) is 4.74. The molecule has 2 aromatic heterocycles. The number of nitrogens with zero attached hydrogens (tertiary/aromatic N) is 3. The predicted molar refractivity (Wildman–Crippen MR) is 138 cm³/mol. The Bertz CT molecular complexity index is 1530. The van der Waals surface area contributed by atoms with Gasteiger partial charge in [-0.25, -0.2) is 4.79 Å². The summed E-state index contributed by atoms with van der Waals surface area (Å²) in [7, 11) is 0. The lowest BCUT2D eigenvalue weighted by molar-refractivity contribution is -0.148. The summed E-state index contributed by atoms with van der Waals surface area (Å²) in [5.41, 5.74) is 4.63. The van der Waals surface area contributed by atoms with Crippen LogP contribution in [0.4, 0.5) is 4.79 Å². The van der Waals surface area contributed by atoms with E-state index in [0.29, 0.717) is 6.42 Å². The van der Waals surface area contributed by atoms with Crippen molar-refractivity contribution in [3.05, 3.63) is 64.5 Å². The van der Waals surface area contributed by atoms with E-state index < -0.39 is 23.8 Å². The number of barbiturate groups is 1. The van der Waals surface area contributed by atoms with Gasteiger partial charge in [-0.05, 0) is 37.1 Å². The van der Waals surface area contributed by atoms with Crippen molar-refractivity contribution in [1.29, 1.82) is 0 Å². The molecule has 1 fully saturated rings. The molecule has 4 amide bonds. The molecule has 2 aliphatic rings. The number of imide groups is 2. The Labute approximate surface area is 207 Å². The minimum atomic E-state index is -0.875. The summed E-state index contributed by atoms with van der Waals surface area (Å²) in [6.45, 7) is 8.53. The maximum atomic E-state index is 13.1. The van der Waals surface area contributed by atoms with Crippen molar-refractivity contribution in [3.8, 4) is 5.00 Å². The zero-order valence-electron chi connectivity index (χ0n) is 20.3. The third-order valence-electron chi connectivity index (χ3n) is 7.64. The summed E-state index contributed by atoms with van der Waals surface area (Å²) in [5.74, 6) is -1.66. The van der Waals surface area contributed by atoms with Crippen molar-refractivity contribution in [2.45, 2.75) is 39.5 Å². The van der Waals surface area contributed by atoms with Crippen molar-refractivity contribution < 1.29 is 14.4 Å². The molecular formula is C28H27N3O3S. The molecule has 2 aliphatic heterocycles. The van der Waals surface area contributed by atoms with E-state index in [9.17, 15) is 14.4 Å². The van der Waals surface area contributed by atoms with E-state index in [1.165, 1.54) is 37.2 Å². The fourth-order valence-electron chi connectivity index (χ4n) is 5.80. The molecule has 0 saturated carbocycles. The predicted octanol–water partition coefficient (Wildman–Crippen LogP) is 5.47. The summed E-state index contributed by atoms with van der Waals surface area (Å²) in [6.07, 6.45) is 0.296. The lowest BCUT2D eigenvalue weighted by Crippen LogP contribution is -2.59. The van der Waals surface area contributed by atoms with Crippen LogP contribution < -0.4 is 0 Å². The van der Waals surface area contributed by atoms with Gasteiger partial charge in [-0.2, -0.15) is 0 Å². The molecule has 0 bridgehead atoms. The number of para-hydroxylation sites is 2. The van der Waals surface area contributed by atoms with Crippen molar-refractivity contribution in [3.63, 3.8) is 0 Å². The summed E-state index contributed by atoms with van der Waals surface area (Å²) >= 11 is 1.65. The number of hydrogen-bond acceptors (Lipinski definition) is 4. The summed E-state index contributed by atoms with van der Waals surface area (Å²) in [5, 5.41) is 3.60. The number of carbonyl (C=O) groups excluding carboxylic acids is 3. The van der Waals surface area contributed by atoms with Gasteiger partial charge in [0.25, 0.3) is 0 Å². The number of rotatable bonds is 4. The van der Waals surface area contributed by atoms with Gasteiger partial charge in [0.1, 0.15) is 10.9 Å². The van der Waals surface area contributed by atoms with E-state index in [1.807, 2.05) is 0 Å². The van der Waals surface area contributed by atoms with Crippen LogP contribution in [0.3, 0.4) is 0 Å². The number of benzene rings is 2. The van der Waals surface area contributed by atoms with Gasteiger partial charge in [-0.15, -0.1) is 11.3 Å². The Morgan fingerprint density at radius 3 is 2.20 bits per heavy atom. The highest BCUT2D eigenvalue weighted by Gasteiger charge is 2.45. The minimum Gasteiger partial charge on any atom is -0.300 e. The number of urea groups is 1. The van der Waals surface area contributed by atoms with Crippen molar-refractivity contribution in [2.75, 3.05) is 13.1 Å². The molecule has 4 heterocycles. The topological polar surface area (TPSA) is 62.6 Å². The van der Waals surface area contributed by atoms with Gasteiger partial charge in [0.15, 0.2) is 0 Å². The zero-order chi connectivity index (χ0) is 24.6. The van der Waals surface area contributed by atoms with Gasteiger partial charge in [0, 0.05) is 40.6 Å². The zero-order valence-corrected chi connectivity index (χ0v) is 21.1. The van der Waals surface area contributed by atoms with Gasteiger partial charge >= 0.3 is 6.03 Å². The second-order valence-corrected chi connectivity index (χ2v) is 10.9. The minimum absolute atomic E-state index is 0.227. The molecule has 0 unspecified atom stereocenters. The van der Waals surface area contributed by atoms with Crippen LogP contribution in [0.1, 0.15) is 43.7 Å². The highest BCUT2D eigenvalue weighted by Crippen LogP contribution is 2.50. The van der Waals surface area contributed by atoms with Gasteiger partial charge in [0.2, 0.25) is 11.8 Å². The molecule has 0 radical (unpaired) electrons. The maximum Gasteiger partial charge on any atom is 0.333 e. The molecule has 7 heteroatoms. The molecule has 6 rings (SSSR count). The number of aromatic nitrogens is 1. The Morgan fingerprint density at radius 1 is 0.857 bits per heavy atom. The van der Waals surface area contributed by atoms with Crippen LogP contribution in [-0.4, -0.2) is 45.3 Å². The van der Waals surface area contributed by atoms with E-state index in [0.717, 1.165) is 15.4 Å². The average Bonchev–Trinajstić information content (AvgIpc) is 3.41. The first-order valence-electron chi connectivity index (χ1n) is 12.1. The third kappa shape index (κ3) is 2.85. The number of hydrogen-bond donors (Lipinski definition) is 0. The van der Waals surface area contributed by atoms with Crippen LogP contribution in [-0.2, 0) is 21.4 Å². The SMILES string of the molecule is CCN1C(=O)C(Cc2cc3c(s2)-n2c4ccccc4c4cccc(c42)C3(C)C)C(=O)N(CC)C1=O. The highest BCUT2D eigenvalue weighted by molar-refractivity contribution is 7.14. The standard InChI is InChI=1S/C28H27N3O3S/c1-5-29-24(32)19(25(33)30(6-2)27(29)34)14-16-15-21-26(35-16)31-22-13-8-7-10-17(22)18-11-9-12-20(23(18)31)28(21,3)4/h7-13,15,19H,5-6,14H2,1-4H3. The first kappa shape index (κ1) is 22.0. The largest absolute Gasteiger partial charge is 0.333 e. The normalized spacial score (nSPS) is 17.7. The molecular weight excluding hydrogens is 458 g/mol. The second kappa shape index (κ2) is 7.52. The van der Waals surface area contributed by atoms with E-state index in [4.69, 9.17) is 0 Å². The van der Waals surface area contributed by atoms with Crippen LogP contribution >= 0.6 is 11.3 Å². The lowest BCUT2D eigenvalue weighted by Gasteiger charge is -2.35. The van der Waals surface area contributed by atoms with E-state index in [1.54, 1.807) is 25.2 Å². The Hall–Kier alpha value is -3.45. The fourth-order valence-corrected chi connectivity index (χ4v) is 7.18. The summed E-state index contributed by atoms with van der Waals surface area (Å²) in [6, 6.07) is 16.6. The molecule has 4 aromatic rings. The number of amides is 4. The second-order valence-electron chi connectivity index (χ2n) is 9.82. The van der Waals surface area contributed by atoms with Crippen LogP contribution in [0.5, 0.6) is 0 Å². The molecule has 35 heavy (non-hydrogen) atoms. The van der Waals surface area contributed by atoms with Gasteiger partial charge in [-0.1, -0.05) is 50.2 Å². The molecule has 0 N–H and O–H groups in total. The maximum absolute atomic E-state index is 13.1. The number of carbonyl (C=O) groups is 3. The number of fused-ring (bicyclic) bond motifs is 5. The Morgan fingerprint density at radius 2 is 1.51 bits per heavy atom. The quantitative estimate of drug-likeness (QED) is 0.360. The average molecular weight is 486 g/mol. The monoisotopic (exact) mass is 485 g/mol. The van der Waals surface area contributed by atoms with Crippen LogP contribution in [0, 0.1) is 5.92 Å². The van der Waals surface area contributed by atoms with Gasteiger partial charge in [0.05, 0.1) is 11.0 Å². The van der Waals surface area contributed by atoms with Crippen LogP contribution in [0.15, 0.2) is 48.5 Å². The molecule has 0 atom stereocenters. The van der Waals surface area contributed by atoms with E-state index in [-0.39, 0.29) is 18.5 Å². The fraction of sp³-hybridized carbons (Fsp3) is 0.321. The molecule has 6 nitrogen and oxygen atoms in total. The first-order valence-corrected chi connectivity index (χ1v) is 12.9. The summed E-state index contributed by atoms with van der Waals surface area (Å²) < 4.78 is 2.35. The van der Waals surface area contributed by atoms with E-state index in [2.05, 4.69) is 66.9 Å².